The molecule has 2 fully saturated rings. The first-order valence-corrected chi connectivity index (χ1v) is 9.25. The lowest BCUT2D eigenvalue weighted by Crippen LogP contribution is -2.44. The van der Waals surface area contributed by atoms with Gasteiger partial charge in [-0.3, -0.25) is 4.79 Å². The Balaban J connectivity index is 1.86. The van der Waals surface area contributed by atoms with Crippen LogP contribution in [0.2, 0.25) is 0 Å². The van der Waals surface area contributed by atoms with Crippen LogP contribution in [0, 0.1) is 11.8 Å². The SMILES string of the molecule is COC(=O)[C@@H]1[C@H]2CCC[C@@H]2CN1S(=O)(=O)Cc1ccccc1. The summed E-state index contributed by atoms with van der Waals surface area (Å²) < 4.78 is 31.8. The molecule has 1 heterocycles. The lowest BCUT2D eigenvalue weighted by molar-refractivity contribution is -0.145. The van der Waals surface area contributed by atoms with Crippen molar-refractivity contribution in [3.63, 3.8) is 0 Å². The van der Waals surface area contributed by atoms with Crippen molar-refractivity contribution >= 4 is 16.0 Å². The van der Waals surface area contributed by atoms with Crippen molar-refractivity contribution in [2.45, 2.75) is 31.1 Å². The number of methoxy groups -OCH3 is 1. The summed E-state index contributed by atoms with van der Waals surface area (Å²) in [6.45, 7) is 0.444. The van der Waals surface area contributed by atoms with Crippen LogP contribution < -0.4 is 0 Å². The van der Waals surface area contributed by atoms with Gasteiger partial charge in [0.15, 0.2) is 0 Å². The molecule has 1 aliphatic carbocycles. The number of carbonyl (C=O) groups excluding carboxylic acids is 1. The molecule has 120 valence electrons. The average molecular weight is 323 g/mol. The van der Waals surface area contributed by atoms with Gasteiger partial charge in [0.05, 0.1) is 12.9 Å². The third-order valence-corrected chi connectivity index (χ3v) is 6.63. The molecule has 3 atom stereocenters. The summed E-state index contributed by atoms with van der Waals surface area (Å²) in [5.41, 5.74) is 0.739. The molecule has 3 rings (SSSR count). The van der Waals surface area contributed by atoms with Gasteiger partial charge in [-0.2, -0.15) is 4.31 Å². The molecule has 1 aromatic rings. The maximum Gasteiger partial charge on any atom is 0.324 e. The van der Waals surface area contributed by atoms with E-state index in [0.717, 1.165) is 24.8 Å². The number of benzene rings is 1. The number of ether oxygens (including phenoxy) is 1. The number of nitrogens with zero attached hydrogens (tertiary/aromatic N) is 1. The summed E-state index contributed by atoms with van der Waals surface area (Å²) >= 11 is 0. The summed E-state index contributed by atoms with van der Waals surface area (Å²) in [6.07, 6.45) is 2.96. The highest BCUT2D eigenvalue weighted by Crippen LogP contribution is 2.44. The second-order valence-corrected chi connectivity index (χ2v) is 8.06. The van der Waals surface area contributed by atoms with E-state index in [1.54, 1.807) is 12.1 Å². The molecule has 1 aliphatic heterocycles. The molecule has 0 radical (unpaired) electrons. The first-order chi connectivity index (χ1) is 10.5. The largest absolute Gasteiger partial charge is 0.468 e. The summed E-state index contributed by atoms with van der Waals surface area (Å²) in [5, 5.41) is 0. The second kappa shape index (κ2) is 6.01. The van der Waals surface area contributed by atoms with Crippen LogP contribution in [0.25, 0.3) is 0 Å². The van der Waals surface area contributed by atoms with Crippen molar-refractivity contribution in [2.24, 2.45) is 11.8 Å². The number of esters is 1. The standard InChI is InChI=1S/C16H21NO4S/c1-21-16(18)15-14-9-5-8-13(14)10-17(15)22(19,20)11-12-6-3-2-4-7-12/h2-4,6-7,13-15H,5,8-11H2,1H3/t13-,14+,15+/m1/s1. The summed E-state index contributed by atoms with van der Waals surface area (Å²) in [6, 6.07) is 8.44. The normalized spacial score (nSPS) is 28.5. The van der Waals surface area contributed by atoms with E-state index in [1.165, 1.54) is 11.4 Å². The van der Waals surface area contributed by atoms with Gasteiger partial charge in [0.1, 0.15) is 6.04 Å². The van der Waals surface area contributed by atoms with Crippen LogP contribution in [0.3, 0.4) is 0 Å². The zero-order valence-electron chi connectivity index (χ0n) is 12.6. The van der Waals surface area contributed by atoms with Gasteiger partial charge >= 0.3 is 5.97 Å². The van der Waals surface area contributed by atoms with Gasteiger partial charge in [-0.15, -0.1) is 0 Å². The van der Waals surface area contributed by atoms with E-state index in [2.05, 4.69) is 0 Å². The Morgan fingerprint density at radius 1 is 1.27 bits per heavy atom. The van der Waals surface area contributed by atoms with E-state index in [0.29, 0.717) is 6.54 Å². The minimum Gasteiger partial charge on any atom is -0.468 e. The molecule has 0 aromatic heterocycles. The van der Waals surface area contributed by atoms with Crippen molar-refractivity contribution in [1.29, 1.82) is 0 Å². The van der Waals surface area contributed by atoms with Gasteiger partial charge in [0, 0.05) is 6.54 Å². The van der Waals surface area contributed by atoms with Crippen molar-refractivity contribution < 1.29 is 17.9 Å². The first-order valence-electron chi connectivity index (χ1n) is 7.64. The van der Waals surface area contributed by atoms with Crippen LogP contribution in [0.5, 0.6) is 0 Å². The molecule has 22 heavy (non-hydrogen) atoms. The monoisotopic (exact) mass is 323 g/mol. The molecular weight excluding hydrogens is 302 g/mol. The van der Waals surface area contributed by atoms with E-state index < -0.39 is 22.0 Å². The lowest BCUT2D eigenvalue weighted by Gasteiger charge is -2.25. The van der Waals surface area contributed by atoms with Crippen LogP contribution in [0.15, 0.2) is 30.3 Å². The molecule has 0 unspecified atom stereocenters. The Bertz CT molecular complexity index is 643. The number of hydrogen-bond acceptors (Lipinski definition) is 4. The fourth-order valence-corrected chi connectivity index (χ4v) is 5.62. The van der Waals surface area contributed by atoms with Gasteiger partial charge < -0.3 is 4.74 Å². The minimum absolute atomic E-state index is 0.0687. The Morgan fingerprint density at radius 2 is 2.00 bits per heavy atom. The maximum atomic E-state index is 12.8. The van der Waals surface area contributed by atoms with E-state index in [1.807, 2.05) is 18.2 Å². The van der Waals surface area contributed by atoms with E-state index in [4.69, 9.17) is 4.74 Å². The predicted octanol–water partition coefficient (Wildman–Crippen LogP) is 1.79. The van der Waals surface area contributed by atoms with Gasteiger partial charge in [-0.05, 0) is 30.2 Å². The summed E-state index contributed by atoms with van der Waals surface area (Å²) in [7, 11) is -2.20. The highest BCUT2D eigenvalue weighted by Gasteiger charge is 2.52. The molecule has 1 saturated heterocycles. The third kappa shape index (κ3) is 2.77. The van der Waals surface area contributed by atoms with Crippen molar-refractivity contribution in [3.8, 4) is 0 Å². The topological polar surface area (TPSA) is 63.7 Å². The van der Waals surface area contributed by atoms with Crippen molar-refractivity contribution in [2.75, 3.05) is 13.7 Å². The van der Waals surface area contributed by atoms with E-state index in [-0.39, 0.29) is 17.6 Å². The predicted molar refractivity (Wildman–Crippen MR) is 82.4 cm³/mol. The molecule has 0 amide bonds. The van der Waals surface area contributed by atoms with Crippen LogP contribution in [0.1, 0.15) is 24.8 Å². The molecule has 2 aliphatic rings. The Kier molecular flexibility index (Phi) is 4.23. The smallest absolute Gasteiger partial charge is 0.324 e. The second-order valence-electron chi connectivity index (χ2n) is 6.13. The molecule has 6 heteroatoms. The summed E-state index contributed by atoms with van der Waals surface area (Å²) in [4.78, 5) is 12.1. The molecule has 0 bridgehead atoms. The van der Waals surface area contributed by atoms with Crippen LogP contribution >= 0.6 is 0 Å². The van der Waals surface area contributed by atoms with Gasteiger partial charge in [0.25, 0.3) is 0 Å². The van der Waals surface area contributed by atoms with Gasteiger partial charge in [0.2, 0.25) is 10.0 Å². The number of hydrogen-bond donors (Lipinski definition) is 0. The summed E-state index contributed by atoms with van der Waals surface area (Å²) in [5.74, 6) is -0.0977. The van der Waals surface area contributed by atoms with Crippen LogP contribution in [-0.2, 0) is 25.3 Å². The zero-order chi connectivity index (χ0) is 15.7. The van der Waals surface area contributed by atoms with Crippen LogP contribution in [-0.4, -0.2) is 38.4 Å². The minimum atomic E-state index is -3.53. The van der Waals surface area contributed by atoms with E-state index in [9.17, 15) is 13.2 Å². The average Bonchev–Trinajstić information content (AvgIpc) is 3.07. The third-order valence-electron chi connectivity index (χ3n) is 4.84. The van der Waals surface area contributed by atoms with Crippen molar-refractivity contribution in [1.82, 2.24) is 4.31 Å². The fourth-order valence-electron chi connectivity index (χ4n) is 3.83. The molecule has 1 saturated carbocycles. The fraction of sp³-hybridized carbons (Fsp3) is 0.562. The molecule has 0 spiro atoms. The highest BCUT2D eigenvalue weighted by atomic mass is 32.2. The Hall–Kier alpha value is -1.40. The molecule has 1 aromatic carbocycles. The van der Waals surface area contributed by atoms with E-state index >= 15 is 0 Å². The Morgan fingerprint density at radius 3 is 2.68 bits per heavy atom. The van der Waals surface area contributed by atoms with Crippen LogP contribution in [0.4, 0.5) is 0 Å². The molecule has 5 nitrogen and oxygen atoms in total. The lowest BCUT2D eigenvalue weighted by atomic mass is 9.94. The quantitative estimate of drug-likeness (QED) is 0.793. The number of carbonyl (C=O) groups is 1. The maximum absolute atomic E-state index is 12.8. The number of fused-ring (bicyclic) bond motifs is 1. The van der Waals surface area contributed by atoms with Gasteiger partial charge in [-0.1, -0.05) is 36.8 Å². The molecule has 0 N–H and O–H groups in total. The molecular formula is C16H21NO4S. The zero-order valence-corrected chi connectivity index (χ0v) is 13.5. The van der Waals surface area contributed by atoms with Crippen molar-refractivity contribution in [3.05, 3.63) is 35.9 Å². The number of rotatable bonds is 4. The van der Waals surface area contributed by atoms with Gasteiger partial charge in [-0.25, -0.2) is 8.42 Å². The highest BCUT2D eigenvalue weighted by molar-refractivity contribution is 7.88. The Labute approximate surface area is 131 Å². The number of sulfonamides is 1. The first kappa shape index (κ1) is 15.5.